The molecule has 52 valence electrons. The number of rotatable bonds is 1. The molecule has 1 rings (SSSR count). The molecule has 0 aromatic rings. The van der Waals surface area contributed by atoms with Crippen LogP contribution in [0.4, 0.5) is 0 Å². The van der Waals surface area contributed by atoms with Crippen molar-refractivity contribution in [3.63, 3.8) is 0 Å². The van der Waals surface area contributed by atoms with E-state index in [1.165, 1.54) is 0 Å². The van der Waals surface area contributed by atoms with Crippen molar-refractivity contribution >= 4 is 18.1 Å². The number of hydrazone groups is 1. The molecule has 1 heterocycles. The third kappa shape index (κ3) is 1.10. The summed E-state index contributed by atoms with van der Waals surface area (Å²) in [6.07, 6.45) is 2.85. The number of hydrogen-bond acceptors (Lipinski definition) is 3. The molecule has 3 nitrogen and oxygen atoms in total. The first-order chi connectivity index (χ1) is 4.25. The minimum Gasteiger partial charge on any atom is -0.275 e. The largest absolute Gasteiger partial charge is 0.275 e. The molecule has 1 aliphatic heterocycles. The average Bonchev–Trinajstić information content (AvgIpc) is 2.12. The second-order valence-corrected chi connectivity index (χ2v) is 2.43. The van der Waals surface area contributed by atoms with Gasteiger partial charge in [0.15, 0.2) is 0 Å². The molecule has 1 atom stereocenters. The van der Waals surface area contributed by atoms with E-state index in [2.05, 4.69) is 12.0 Å². The highest BCUT2D eigenvalue weighted by Crippen LogP contribution is 2.14. The quantitative estimate of drug-likeness (QED) is 0.517. The first-order valence-corrected chi connectivity index (χ1v) is 3.30. The van der Waals surface area contributed by atoms with Gasteiger partial charge in [0.1, 0.15) is 12.5 Å². The Kier molecular flexibility index (Phi) is 1.81. The Hall–Kier alpha value is -0.440. The molecule has 0 saturated heterocycles. The summed E-state index contributed by atoms with van der Waals surface area (Å²) in [7, 11) is 1.91. The summed E-state index contributed by atoms with van der Waals surface area (Å²) < 4.78 is 1.58. The lowest BCUT2D eigenvalue weighted by Crippen LogP contribution is -2.31. The van der Waals surface area contributed by atoms with E-state index in [9.17, 15) is 0 Å². The Balaban J connectivity index is 2.53. The highest BCUT2D eigenvalue weighted by Gasteiger charge is 2.20. The van der Waals surface area contributed by atoms with Crippen LogP contribution in [-0.4, -0.2) is 29.0 Å². The van der Waals surface area contributed by atoms with Gasteiger partial charge in [-0.3, -0.25) is 5.01 Å². The summed E-state index contributed by atoms with van der Waals surface area (Å²) in [5.74, 6) is 0. The van der Waals surface area contributed by atoms with Gasteiger partial charge in [0.2, 0.25) is 0 Å². The number of nitrogens with zero attached hydrogens (tertiary/aromatic N) is 3. The van der Waals surface area contributed by atoms with E-state index >= 15 is 0 Å². The third-order valence-corrected chi connectivity index (χ3v) is 1.74. The van der Waals surface area contributed by atoms with E-state index in [1.54, 1.807) is 10.8 Å². The van der Waals surface area contributed by atoms with Gasteiger partial charge >= 0.3 is 0 Å². The van der Waals surface area contributed by atoms with E-state index in [0.29, 0.717) is 0 Å². The van der Waals surface area contributed by atoms with Gasteiger partial charge in [-0.25, -0.2) is 4.42 Å². The molecule has 9 heavy (non-hydrogen) atoms. The smallest absolute Gasteiger partial charge is 0.134 e. The topological polar surface area (TPSA) is 18.8 Å². The van der Waals surface area contributed by atoms with Crippen molar-refractivity contribution in [2.45, 2.75) is 19.5 Å². The summed E-state index contributed by atoms with van der Waals surface area (Å²) in [4.78, 5) is 0. The summed E-state index contributed by atoms with van der Waals surface area (Å²) in [5.41, 5.74) is 0. The Morgan fingerprint density at radius 2 is 2.44 bits per heavy atom. The maximum atomic E-state index is 5.72. The van der Waals surface area contributed by atoms with Crippen LogP contribution in [0.15, 0.2) is 5.10 Å². The summed E-state index contributed by atoms with van der Waals surface area (Å²) in [5, 5.41) is 5.81. The van der Waals surface area contributed by atoms with Crippen LogP contribution in [0, 0.1) is 0 Å². The molecule has 0 spiro atoms. The van der Waals surface area contributed by atoms with Crippen LogP contribution in [0.1, 0.15) is 13.3 Å². The van der Waals surface area contributed by atoms with Gasteiger partial charge in [-0.2, -0.15) is 5.10 Å². The lowest BCUT2D eigenvalue weighted by Gasteiger charge is -2.20. The molecule has 0 aromatic carbocycles. The molecule has 0 saturated carbocycles. The highest BCUT2D eigenvalue weighted by molar-refractivity contribution is 6.19. The fourth-order valence-electron chi connectivity index (χ4n) is 0.883. The lowest BCUT2D eigenvalue weighted by atomic mass is 10.4. The SMILES string of the molecule is CCC1N(Cl)C=NN1C. The van der Waals surface area contributed by atoms with Crippen LogP contribution in [-0.2, 0) is 0 Å². The van der Waals surface area contributed by atoms with Crippen LogP contribution in [0.3, 0.4) is 0 Å². The zero-order valence-electron chi connectivity index (χ0n) is 5.58. The fourth-order valence-corrected chi connectivity index (χ4v) is 1.19. The molecule has 0 amide bonds. The van der Waals surface area contributed by atoms with E-state index < -0.39 is 0 Å². The van der Waals surface area contributed by atoms with E-state index in [1.807, 2.05) is 12.1 Å². The van der Waals surface area contributed by atoms with Gasteiger partial charge in [-0.1, -0.05) is 6.92 Å². The highest BCUT2D eigenvalue weighted by atomic mass is 35.5. The van der Waals surface area contributed by atoms with Crippen molar-refractivity contribution < 1.29 is 0 Å². The molecular weight excluding hydrogens is 138 g/mol. The predicted octanol–water partition coefficient (Wildman–Crippen LogP) is 1.07. The molecular formula is C5H10ClN3. The zero-order valence-corrected chi connectivity index (χ0v) is 6.34. The van der Waals surface area contributed by atoms with Crippen LogP contribution < -0.4 is 0 Å². The maximum Gasteiger partial charge on any atom is 0.134 e. The van der Waals surface area contributed by atoms with Gasteiger partial charge in [0, 0.05) is 18.8 Å². The first kappa shape index (κ1) is 6.68. The van der Waals surface area contributed by atoms with Gasteiger partial charge in [0.25, 0.3) is 0 Å². The Labute approximate surface area is 60.0 Å². The summed E-state index contributed by atoms with van der Waals surface area (Å²) in [6.45, 7) is 2.07. The molecule has 4 heteroatoms. The minimum atomic E-state index is 0.242. The molecule has 0 fully saturated rings. The second kappa shape index (κ2) is 2.43. The molecule has 0 aromatic heterocycles. The third-order valence-electron chi connectivity index (χ3n) is 1.43. The Morgan fingerprint density at radius 3 is 2.67 bits per heavy atom. The van der Waals surface area contributed by atoms with Gasteiger partial charge in [0.05, 0.1) is 0 Å². The van der Waals surface area contributed by atoms with Crippen molar-refractivity contribution in [2.75, 3.05) is 7.05 Å². The summed E-state index contributed by atoms with van der Waals surface area (Å²) >= 11 is 5.72. The first-order valence-electron chi connectivity index (χ1n) is 2.96. The number of hydrogen-bond donors (Lipinski definition) is 0. The molecule has 0 aliphatic carbocycles. The number of halogens is 1. The van der Waals surface area contributed by atoms with Crippen LogP contribution >= 0.6 is 11.8 Å². The predicted molar refractivity (Wildman–Crippen MR) is 38.0 cm³/mol. The molecule has 0 bridgehead atoms. The van der Waals surface area contributed by atoms with Crippen molar-refractivity contribution in [2.24, 2.45) is 5.10 Å². The maximum absolute atomic E-state index is 5.72. The second-order valence-electron chi connectivity index (χ2n) is 2.04. The lowest BCUT2D eigenvalue weighted by molar-refractivity contribution is 0.211. The molecule has 1 aliphatic rings. The van der Waals surface area contributed by atoms with Gasteiger partial charge in [-0.05, 0) is 6.42 Å². The normalized spacial score (nSPS) is 25.9. The fraction of sp³-hybridized carbons (Fsp3) is 0.800. The zero-order chi connectivity index (χ0) is 6.85. The van der Waals surface area contributed by atoms with Crippen LogP contribution in [0.25, 0.3) is 0 Å². The van der Waals surface area contributed by atoms with Crippen molar-refractivity contribution in [3.8, 4) is 0 Å². The monoisotopic (exact) mass is 147 g/mol. The van der Waals surface area contributed by atoms with Crippen LogP contribution in [0.5, 0.6) is 0 Å². The Bertz CT molecular complexity index is 113. The van der Waals surface area contributed by atoms with Gasteiger partial charge in [-0.15, -0.1) is 0 Å². The van der Waals surface area contributed by atoms with Crippen molar-refractivity contribution in [1.29, 1.82) is 0 Å². The van der Waals surface area contributed by atoms with E-state index in [-0.39, 0.29) is 6.17 Å². The van der Waals surface area contributed by atoms with Crippen LogP contribution in [0.2, 0.25) is 0 Å². The van der Waals surface area contributed by atoms with E-state index in [0.717, 1.165) is 6.42 Å². The standard InChI is InChI=1S/C5H10ClN3/c1-3-5-8(2)7-4-9(5)6/h4-5H,3H2,1-2H3. The minimum absolute atomic E-state index is 0.242. The average molecular weight is 148 g/mol. The molecule has 0 radical (unpaired) electrons. The summed E-state index contributed by atoms with van der Waals surface area (Å²) in [6, 6.07) is 0. The molecule has 0 N–H and O–H groups in total. The molecule has 1 unspecified atom stereocenters. The van der Waals surface area contributed by atoms with E-state index in [4.69, 9.17) is 11.8 Å². The van der Waals surface area contributed by atoms with Crippen molar-refractivity contribution in [3.05, 3.63) is 0 Å². The van der Waals surface area contributed by atoms with Crippen molar-refractivity contribution in [1.82, 2.24) is 9.43 Å². The Morgan fingerprint density at radius 1 is 1.78 bits per heavy atom. The van der Waals surface area contributed by atoms with Gasteiger partial charge < -0.3 is 0 Å².